The van der Waals surface area contributed by atoms with Gasteiger partial charge < -0.3 is 5.32 Å². The number of nitrogens with zero attached hydrogens (tertiary/aromatic N) is 2. The maximum Gasteiger partial charge on any atom is 0.304 e. The maximum absolute atomic E-state index is 13.4. The molecule has 0 saturated heterocycles. The number of aryl methyl sites for hydroxylation is 1. The molecule has 1 heterocycles. The molecule has 0 unspecified atom stereocenters. The zero-order valence-electron chi connectivity index (χ0n) is 10.5. The van der Waals surface area contributed by atoms with Crippen LogP contribution in [0.2, 0.25) is 0 Å². The van der Waals surface area contributed by atoms with Crippen molar-refractivity contribution in [3.63, 3.8) is 0 Å². The van der Waals surface area contributed by atoms with Crippen molar-refractivity contribution in [3.8, 4) is 0 Å². The highest BCUT2D eigenvalue weighted by Gasteiger charge is 2.16. The molecule has 1 aromatic heterocycles. The number of carbonyl (C=O) groups is 1. The molecule has 1 aromatic carbocycles. The molecule has 0 fully saturated rings. The predicted molar refractivity (Wildman–Crippen MR) is 70.0 cm³/mol. The lowest BCUT2D eigenvalue weighted by molar-refractivity contribution is -0.387. The molecule has 0 saturated carbocycles. The molecule has 0 aliphatic heterocycles. The first-order valence-electron chi connectivity index (χ1n) is 5.65. The average molecular weight is 275 g/mol. The van der Waals surface area contributed by atoms with Crippen molar-refractivity contribution in [1.29, 1.82) is 0 Å². The number of aromatic nitrogens is 1. The van der Waals surface area contributed by atoms with Crippen molar-refractivity contribution < 1.29 is 14.1 Å². The SMILES string of the molecule is Cc1cc(NC(=O)c2ccc([N+](=O)[O-])c(F)c2)ccn1. The number of pyridine rings is 1. The Morgan fingerprint density at radius 2 is 2.10 bits per heavy atom. The van der Waals surface area contributed by atoms with E-state index in [4.69, 9.17) is 0 Å². The van der Waals surface area contributed by atoms with E-state index in [1.165, 1.54) is 12.3 Å². The summed E-state index contributed by atoms with van der Waals surface area (Å²) in [7, 11) is 0. The number of nitro benzene ring substituents is 1. The van der Waals surface area contributed by atoms with E-state index in [1.807, 2.05) is 0 Å². The summed E-state index contributed by atoms with van der Waals surface area (Å²) in [6.07, 6.45) is 1.53. The second-order valence-electron chi connectivity index (χ2n) is 4.06. The number of amides is 1. The van der Waals surface area contributed by atoms with Crippen LogP contribution in [0.5, 0.6) is 0 Å². The van der Waals surface area contributed by atoms with Crippen LogP contribution in [0.15, 0.2) is 36.5 Å². The van der Waals surface area contributed by atoms with Crippen molar-refractivity contribution in [2.45, 2.75) is 6.92 Å². The smallest absolute Gasteiger partial charge is 0.304 e. The summed E-state index contributed by atoms with van der Waals surface area (Å²) in [4.78, 5) is 25.5. The quantitative estimate of drug-likeness (QED) is 0.689. The first kappa shape index (κ1) is 13.6. The first-order chi connectivity index (χ1) is 9.47. The molecule has 6 nitrogen and oxygen atoms in total. The van der Waals surface area contributed by atoms with Crippen molar-refractivity contribution in [2.24, 2.45) is 0 Å². The summed E-state index contributed by atoms with van der Waals surface area (Å²) in [5, 5.41) is 13.0. The molecule has 1 N–H and O–H groups in total. The Kier molecular flexibility index (Phi) is 3.69. The van der Waals surface area contributed by atoms with Crippen LogP contribution in [0.1, 0.15) is 16.1 Å². The van der Waals surface area contributed by atoms with E-state index >= 15 is 0 Å². The third-order valence-electron chi connectivity index (χ3n) is 2.56. The van der Waals surface area contributed by atoms with Gasteiger partial charge in [-0.1, -0.05) is 0 Å². The Labute approximate surface area is 113 Å². The molecule has 2 aromatic rings. The maximum atomic E-state index is 13.4. The third-order valence-corrected chi connectivity index (χ3v) is 2.56. The Hall–Kier alpha value is -2.83. The highest BCUT2D eigenvalue weighted by Crippen LogP contribution is 2.19. The summed E-state index contributed by atoms with van der Waals surface area (Å²) in [6.45, 7) is 1.77. The lowest BCUT2D eigenvalue weighted by Crippen LogP contribution is -2.12. The minimum atomic E-state index is -1.05. The number of anilines is 1. The molecule has 0 aliphatic carbocycles. The van der Waals surface area contributed by atoms with Crippen molar-refractivity contribution in [3.05, 3.63) is 63.7 Å². The number of hydrogen-bond donors (Lipinski definition) is 1. The lowest BCUT2D eigenvalue weighted by Gasteiger charge is -2.05. The van der Waals surface area contributed by atoms with Gasteiger partial charge in [0.05, 0.1) is 4.92 Å². The predicted octanol–water partition coefficient (Wildman–Crippen LogP) is 2.69. The van der Waals surface area contributed by atoms with Gasteiger partial charge in [0.25, 0.3) is 5.91 Å². The molecule has 0 aliphatic rings. The standard InChI is InChI=1S/C13H10FN3O3/c1-8-6-10(4-5-15-8)16-13(18)9-2-3-12(17(19)20)11(14)7-9/h2-7H,1H3,(H,15,16,18). The van der Waals surface area contributed by atoms with E-state index in [-0.39, 0.29) is 5.56 Å². The van der Waals surface area contributed by atoms with Crippen molar-refractivity contribution in [1.82, 2.24) is 4.98 Å². The second kappa shape index (κ2) is 5.43. The summed E-state index contributed by atoms with van der Waals surface area (Å²) in [5.41, 5.74) is 0.572. The zero-order chi connectivity index (χ0) is 14.7. The van der Waals surface area contributed by atoms with Gasteiger partial charge in [-0.05, 0) is 31.2 Å². The Morgan fingerprint density at radius 1 is 1.35 bits per heavy atom. The van der Waals surface area contributed by atoms with Crippen LogP contribution in [0.25, 0.3) is 0 Å². The van der Waals surface area contributed by atoms with E-state index in [0.717, 1.165) is 17.8 Å². The number of hydrogen-bond acceptors (Lipinski definition) is 4. The number of halogens is 1. The van der Waals surface area contributed by atoms with Gasteiger partial charge in [-0.25, -0.2) is 0 Å². The van der Waals surface area contributed by atoms with Crippen LogP contribution in [-0.2, 0) is 0 Å². The molecular weight excluding hydrogens is 265 g/mol. The molecule has 2 rings (SSSR count). The average Bonchev–Trinajstić information content (AvgIpc) is 2.38. The molecule has 102 valence electrons. The van der Waals surface area contributed by atoms with E-state index in [1.54, 1.807) is 19.1 Å². The summed E-state index contributed by atoms with van der Waals surface area (Å²) < 4.78 is 13.4. The van der Waals surface area contributed by atoms with Crippen LogP contribution in [0.4, 0.5) is 15.8 Å². The fraction of sp³-hybridized carbons (Fsp3) is 0.0769. The van der Waals surface area contributed by atoms with Crippen LogP contribution in [0.3, 0.4) is 0 Å². The normalized spacial score (nSPS) is 10.1. The Morgan fingerprint density at radius 3 is 2.70 bits per heavy atom. The van der Waals surface area contributed by atoms with E-state index in [2.05, 4.69) is 10.3 Å². The monoisotopic (exact) mass is 275 g/mol. The number of nitrogens with one attached hydrogen (secondary N) is 1. The second-order valence-corrected chi connectivity index (χ2v) is 4.06. The van der Waals surface area contributed by atoms with E-state index in [0.29, 0.717) is 5.69 Å². The molecule has 0 spiro atoms. The summed E-state index contributed by atoms with van der Waals surface area (Å²) >= 11 is 0. The summed E-state index contributed by atoms with van der Waals surface area (Å²) in [6, 6.07) is 6.24. The minimum Gasteiger partial charge on any atom is -0.322 e. The van der Waals surface area contributed by atoms with Crippen molar-refractivity contribution >= 4 is 17.3 Å². The highest BCUT2D eigenvalue weighted by molar-refractivity contribution is 6.04. The first-order valence-corrected chi connectivity index (χ1v) is 5.65. The molecule has 0 atom stereocenters. The zero-order valence-corrected chi connectivity index (χ0v) is 10.5. The largest absolute Gasteiger partial charge is 0.322 e. The molecule has 0 radical (unpaired) electrons. The van der Waals surface area contributed by atoms with Gasteiger partial charge in [-0.3, -0.25) is 19.9 Å². The topological polar surface area (TPSA) is 85.1 Å². The number of rotatable bonds is 3. The number of carbonyl (C=O) groups excluding carboxylic acids is 1. The lowest BCUT2D eigenvalue weighted by atomic mass is 10.2. The molecule has 7 heteroatoms. The van der Waals surface area contributed by atoms with Gasteiger partial charge >= 0.3 is 5.69 Å². The number of benzene rings is 1. The van der Waals surface area contributed by atoms with Gasteiger partial charge in [-0.15, -0.1) is 0 Å². The van der Waals surface area contributed by atoms with Gasteiger partial charge in [0, 0.05) is 29.2 Å². The molecule has 1 amide bonds. The Bertz CT molecular complexity index is 688. The van der Waals surface area contributed by atoms with Crippen LogP contribution < -0.4 is 5.32 Å². The minimum absolute atomic E-state index is 0.00238. The van der Waals surface area contributed by atoms with Gasteiger partial charge in [0.15, 0.2) is 0 Å². The van der Waals surface area contributed by atoms with Gasteiger partial charge in [0.1, 0.15) is 0 Å². The van der Waals surface area contributed by atoms with Crippen LogP contribution in [-0.4, -0.2) is 15.8 Å². The van der Waals surface area contributed by atoms with Gasteiger partial charge in [-0.2, -0.15) is 4.39 Å². The fourth-order valence-corrected chi connectivity index (χ4v) is 1.62. The van der Waals surface area contributed by atoms with Crippen LogP contribution in [0, 0.1) is 22.9 Å². The molecule has 20 heavy (non-hydrogen) atoms. The Balaban J connectivity index is 2.22. The highest BCUT2D eigenvalue weighted by atomic mass is 19.1. The number of nitro groups is 1. The van der Waals surface area contributed by atoms with Crippen molar-refractivity contribution in [2.75, 3.05) is 5.32 Å². The van der Waals surface area contributed by atoms with Gasteiger partial charge in [0.2, 0.25) is 5.82 Å². The van der Waals surface area contributed by atoms with E-state index in [9.17, 15) is 19.3 Å². The third kappa shape index (κ3) is 2.94. The molecular formula is C13H10FN3O3. The fourth-order valence-electron chi connectivity index (χ4n) is 1.62. The van der Waals surface area contributed by atoms with E-state index < -0.39 is 22.3 Å². The molecule has 0 bridgehead atoms. The van der Waals surface area contributed by atoms with Crippen LogP contribution >= 0.6 is 0 Å². The summed E-state index contributed by atoms with van der Waals surface area (Å²) in [5.74, 6) is -1.60.